The molecule has 0 bridgehead atoms. The number of amides is 2. The van der Waals surface area contributed by atoms with Gasteiger partial charge in [0.1, 0.15) is 5.75 Å². The van der Waals surface area contributed by atoms with Crippen molar-refractivity contribution in [3.05, 3.63) is 47.2 Å². The minimum atomic E-state index is -0.337. The second kappa shape index (κ2) is 10.5. The molecule has 3 aromatic rings. The maximum atomic E-state index is 12.4. The van der Waals surface area contributed by atoms with E-state index in [-0.39, 0.29) is 6.03 Å². The second-order valence-corrected chi connectivity index (χ2v) is 9.51. The Bertz CT molecular complexity index is 983. The summed E-state index contributed by atoms with van der Waals surface area (Å²) in [4.78, 5) is 22.2. The number of hydrogen-bond donors (Lipinski definition) is 2. The quantitative estimate of drug-likeness (QED) is 0.443. The normalized spacial score (nSPS) is 11.0. The number of imidazole rings is 1. The Morgan fingerprint density at radius 3 is 2.87 bits per heavy atom. The summed E-state index contributed by atoms with van der Waals surface area (Å²) in [5.41, 5.74) is 1.72. The van der Waals surface area contributed by atoms with Gasteiger partial charge in [0.05, 0.1) is 12.3 Å². The highest BCUT2D eigenvalue weighted by atomic mass is 32.2. The average molecular weight is 446 g/mol. The van der Waals surface area contributed by atoms with Gasteiger partial charge >= 0.3 is 6.03 Å². The van der Waals surface area contributed by atoms with Gasteiger partial charge in [-0.2, -0.15) is 0 Å². The predicted molar refractivity (Wildman–Crippen MR) is 124 cm³/mol. The number of rotatable bonds is 9. The van der Waals surface area contributed by atoms with Crippen molar-refractivity contribution < 1.29 is 9.53 Å². The molecule has 160 valence electrons. The highest BCUT2D eigenvalue weighted by molar-refractivity contribution is 7.99. The SMILES string of the molecule is Cc1ccc(NC(=O)Nc2ncc(CCSc3nccn3C)s2)c(OCC(C)C)c1. The van der Waals surface area contributed by atoms with Gasteiger partial charge in [-0.05, 0) is 37.0 Å². The maximum absolute atomic E-state index is 12.4. The topological polar surface area (TPSA) is 81.1 Å². The molecule has 0 radical (unpaired) electrons. The van der Waals surface area contributed by atoms with Crippen LogP contribution in [0.3, 0.4) is 0 Å². The van der Waals surface area contributed by atoms with Gasteiger partial charge in [0.15, 0.2) is 10.3 Å². The van der Waals surface area contributed by atoms with E-state index in [9.17, 15) is 4.79 Å². The Morgan fingerprint density at radius 2 is 2.13 bits per heavy atom. The Hall–Kier alpha value is -2.52. The highest BCUT2D eigenvalue weighted by Gasteiger charge is 2.11. The van der Waals surface area contributed by atoms with Crippen LogP contribution in [0, 0.1) is 12.8 Å². The van der Waals surface area contributed by atoms with Gasteiger partial charge in [-0.3, -0.25) is 5.32 Å². The zero-order valence-corrected chi connectivity index (χ0v) is 19.3. The van der Waals surface area contributed by atoms with E-state index < -0.39 is 0 Å². The summed E-state index contributed by atoms with van der Waals surface area (Å²) in [6, 6.07) is 5.39. The van der Waals surface area contributed by atoms with E-state index in [1.807, 2.05) is 49.1 Å². The van der Waals surface area contributed by atoms with Crippen molar-refractivity contribution in [3.63, 3.8) is 0 Å². The molecular formula is C21H27N5O2S2. The monoisotopic (exact) mass is 445 g/mol. The lowest BCUT2D eigenvalue weighted by Gasteiger charge is -2.14. The maximum Gasteiger partial charge on any atom is 0.325 e. The van der Waals surface area contributed by atoms with Gasteiger partial charge in [-0.15, -0.1) is 11.3 Å². The van der Waals surface area contributed by atoms with Crippen LogP contribution in [-0.4, -0.2) is 32.9 Å². The van der Waals surface area contributed by atoms with Crippen molar-refractivity contribution in [2.75, 3.05) is 23.0 Å². The van der Waals surface area contributed by atoms with Crippen molar-refractivity contribution in [3.8, 4) is 5.75 Å². The summed E-state index contributed by atoms with van der Waals surface area (Å²) in [7, 11) is 1.98. The lowest BCUT2D eigenvalue weighted by molar-refractivity contribution is 0.260. The van der Waals surface area contributed by atoms with Crippen LogP contribution in [0.4, 0.5) is 15.6 Å². The first-order chi connectivity index (χ1) is 14.4. The molecule has 2 N–H and O–H groups in total. The Kier molecular flexibility index (Phi) is 7.75. The van der Waals surface area contributed by atoms with Crippen molar-refractivity contribution in [2.45, 2.75) is 32.3 Å². The molecule has 2 aromatic heterocycles. The van der Waals surface area contributed by atoms with E-state index in [0.717, 1.165) is 27.8 Å². The standard InChI is InChI=1S/C21H27N5O2S2/c1-14(2)13-28-18-11-15(3)5-6-17(18)24-19(27)25-20-23-12-16(30-20)7-10-29-21-22-8-9-26(21)4/h5-6,8-9,11-12,14H,7,10,13H2,1-4H3,(H2,23,24,25,27). The molecule has 0 saturated heterocycles. The van der Waals surface area contributed by atoms with E-state index in [2.05, 4.69) is 34.4 Å². The average Bonchev–Trinajstić information content (AvgIpc) is 3.31. The fourth-order valence-electron chi connectivity index (χ4n) is 2.57. The fourth-order valence-corrected chi connectivity index (χ4v) is 4.41. The first-order valence-electron chi connectivity index (χ1n) is 9.77. The van der Waals surface area contributed by atoms with E-state index in [1.54, 1.807) is 18.0 Å². The highest BCUT2D eigenvalue weighted by Crippen LogP contribution is 2.27. The molecule has 0 saturated carbocycles. The van der Waals surface area contributed by atoms with Crippen LogP contribution in [0.2, 0.25) is 0 Å². The molecular weight excluding hydrogens is 418 g/mol. The van der Waals surface area contributed by atoms with Crippen molar-refractivity contribution in [2.24, 2.45) is 13.0 Å². The van der Waals surface area contributed by atoms with Crippen LogP contribution < -0.4 is 15.4 Å². The molecule has 2 amide bonds. The lowest BCUT2D eigenvalue weighted by atomic mass is 10.2. The smallest absolute Gasteiger partial charge is 0.325 e. The molecule has 1 aromatic carbocycles. The van der Waals surface area contributed by atoms with Gasteiger partial charge in [-0.25, -0.2) is 14.8 Å². The Balaban J connectivity index is 1.52. The summed E-state index contributed by atoms with van der Waals surface area (Å²) in [6.45, 7) is 6.76. The number of carbonyl (C=O) groups excluding carboxylic acids is 1. The zero-order valence-electron chi connectivity index (χ0n) is 17.6. The van der Waals surface area contributed by atoms with Crippen molar-refractivity contribution in [1.29, 1.82) is 0 Å². The Labute approximate surface area is 185 Å². The molecule has 0 spiro atoms. The van der Waals surface area contributed by atoms with Crippen LogP contribution in [0.25, 0.3) is 0 Å². The molecule has 0 aliphatic carbocycles. The number of thioether (sulfide) groups is 1. The number of urea groups is 1. The number of nitrogens with one attached hydrogen (secondary N) is 2. The van der Waals surface area contributed by atoms with Gasteiger partial charge in [0.2, 0.25) is 0 Å². The van der Waals surface area contributed by atoms with Gasteiger partial charge in [-0.1, -0.05) is 31.7 Å². The number of hydrogen-bond acceptors (Lipinski definition) is 6. The number of carbonyl (C=O) groups is 1. The van der Waals surface area contributed by atoms with E-state index in [1.165, 1.54) is 11.3 Å². The number of anilines is 2. The summed E-state index contributed by atoms with van der Waals surface area (Å²) >= 11 is 3.18. The van der Waals surface area contributed by atoms with Gasteiger partial charge in [0.25, 0.3) is 0 Å². The number of benzene rings is 1. The molecule has 3 rings (SSSR count). The molecule has 0 fully saturated rings. The molecule has 0 aliphatic rings. The van der Waals surface area contributed by atoms with Crippen molar-refractivity contribution >= 4 is 39.9 Å². The number of nitrogens with zero attached hydrogens (tertiary/aromatic N) is 3. The first kappa shape index (κ1) is 22.2. The molecule has 7 nitrogen and oxygen atoms in total. The van der Waals surface area contributed by atoms with Crippen molar-refractivity contribution in [1.82, 2.24) is 14.5 Å². The largest absolute Gasteiger partial charge is 0.491 e. The predicted octanol–water partition coefficient (Wildman–Crippen LogP) is 5.20. The zero-order chi connectivity index (χ0) is 21.5. The third-order valence-corrected chi connectivity index (χ3v) is 6.12. The summed E-state index contributed by atoms with van der Waals surface area (Å²) in [5.74, 6) is 1.97. The molecule has 0 aliphatic heterocycles. The van der Waals surface area contributed by atoms with E-state index in [0.29, 0.717) is 29.1 Å². The summed E-state index contributed by atoms with van der Waals surface area (Å²) in [5, 5.41) is 7.23. The summed E-state index contributed by atoms with van der Waals surface area (Å²) in [6.07, 6.45) is 6.40. The number of aromatic nitrogens is 3. The third-order valence-electron chi connectivity index (χ3n) is 4.09. The van der Waals surface area contributed by atoms with E-state index in [4.69, 9.17) is 4.74 Å². The first-order valence-corrected chi connectivity index (χ1v) is 11.6. The molecule has 0 unspecified atom stereocenters. The lowest BCUT2D eigenvalue weighted by Crippen LogP contribution is -2.20. The van der Waals surface area contributed by atoms with Crippen LogP contribution in [0.5, 0.6) is 5.75 Å². The fraction of sp³-hybridized carbons (Fsp3) is 0.381. The molecule has 0 atom stereocenters. The third kappa shape index (κ3) is 6.50. The second-order valence-electron chi connectivity index (χ2n) is 7.33. The molecule has 2 heterocycles. The minimum Gasteiger partial charge on any atom is -0.491 e. The van der Waals surface area contributed by atoms with Gasteiger partial charge < -0.3 is 14.6 Å². The van der Waals surface area contributed by atoms with Crippen LogP contribution in [0.1, 0.15) is 24.3 Å². The molecule has 30 heavy (non-hydrogen) atoms. The van der Waals surface area contributed by atoms with E-state index >= 15 is 0 Å². The summed E-state index contributed by atoms with van der Waals surface area (Å²) < 4.78 is 7.85. The number of ether oxygens (including phenoxy) is 1. The Morgan fingerprint density at radius 1 is 1.30 bits per heavy atom. The molecule has 9 heteroatoms. The van der Waals surface area contributed by atoms with Crippen LogP contribution in [0.15, 0.2) is 41.9 Å². The number of aryl methyl sites for hydroxylation is 3. The minimum absolute atomic E-state index is 0.337. The number of thiazole rings is 1. The van der Waals surface area contributed by atoms with Crippen LogP contribution in [-0.2, 0) is 13.5 Å². The van der Waals surface area contributed by atoms with Gasteiger partial charge in [0, 0.05) is 36.3 Å². The van der Waals surface area contributed by atoms with Crippen LogP contribution >= 0.6 is 23.1 Å².